The molecule has 0 aromatic heterocycles. The van der Waals surface area contributed by atoms with Crippen molar-refractivity contribution in [2.45, 2.75) is 39.8 Å². The second-order valence-corrected chi connectivity index (χ2v) is 6.26. The van der Waals surface area contributed by atoms with Gasteiger partial charge in [-0.25, -0.2) is 0 Å². The van der Waals surface area contributed by atoms with Gasteiger partial charge in [-0.2, -0.15) is 0 Å². The molecule has 134 valence electrons. The SMILES string of the molecule is CC[C@H](Oc1cccc(C)c1C)C(=O)N(C)Cc1ccc(OC)cc1. The van der Waals surface area contributed by atoms with Crippen LogP contribution in [0.25, 0.3) is 0 Å². The molecule has 0 heterocycles. The molecule has 0 bridgehead atoms. The highest BCUT2D eigenvalue weighted by molar-refractivity contribution is 5.81. The summed E-state index contributed by atoms with van der Waals surface area (Å²) in [4.78, 5) is 14.5. The van der Waals surface area contributed by atoms with Gasteiger partial charge in [0, 0.05) is 13.6 Å². The molecule has 0 aliphatic heterocycles. The Morgan fingerprint density at radius 1 is 1.12 bits per heavy atom. The Kier molecular flexibility index (Phi) is 6.45. The molecule has 4 nitrogen and oxygen atoms in total. The lowest BCUT2D eigenvalue weighted by Gasteiger charge is -2.25. The first-order valence-electron chi connectivity index (χ1n) is 8.57. The van der Waals surface area contributed by atoms with Crippen molar-refractivity contribution in [3.8, 4) is 11.5 Å². The van der Waals surface area contributed by atoms with E-state index in [2.05, 4.69) is 0 Å². The Labute approximate surface area is 150 Å². The highest BCUT2D eigenvalue weighted by Gasteiger charge is 2.23. The maximum atomic E-state index is 12.8. The van der Waals surface area contributed by atoms with Crippen LogP contribution in [-0.2, 0) is 11.3 Å². The summed E-state index contributed by atoms with van der Waals surface area (Å²) in [6.07, 6.45) is 0.142. The molecule has 0 aliphatic rings. The normalized spacial score (nSPS) is 11.7. The Morgan fingerprint density at radius 2 is 1.80 bits per heavy atom. The quantitative estimate of drug-likeness (QED) is 0.760. The van der Waals surface area contributed by atoms with Crippen LogP contribution in [-0.4, -0.2) is 31.1 Å². The van der Waals surface area contributed by atoms with Gasteiger partial charge in [-0.05, 0) is 55.2 Å². The molecule has 1 amide bonds. The van der Waals surface area contributed by atoms with Gasteiger partial charge < -0.3 is 14.4 Å². The summed E-state index contributed by atoms with van der Waals surface area (Å²) in [5.41, 5.74) is 3.29. The van der Waals surface area contributed by atoms with E-state index in [0.29, 0.717) is 13.0 Å². The van der Waals surface area contributed by atoms with Crippen LogP contribution in [0, 0.1) is 13.8 Å². The van der Waals surface area contributed by atoms with Crippen molar-refractivity contribution in [2.24, 2.45) is 0 Å². The van der Waals surface area contributed by atoms with Crippen LogP contribution >= 0.6 is 0 Å². The fraction of sp³-hybridized carbons (Fsp3) is 0.381. The van der Waals surface area contributed by atoms with Gasteiger partial charge in [-0.3, -0.25) is 4.79 Å². The second kappa shape index (κ2) is 8.56. The number of amides is 1. The number of methoxy groups -OCH3 is 1. The van der Waals surface area contributed by atoms with Crippen LogP contribution in [0.2, 0.25) is 0 Å². The van der Waals surface area contributed by atoms with E-state index in [1.807, 2.05) is 70.3 Å². The number of nitrogens with zero attached hydrogens (tertiary/aromatic N) is 1. The highest BCUT2D eigenvalue weighted by Crippen LogP contribution is 2.23. The molecule has 0 N–H and O–H groups in total. The second-order valence-electron chi connectivity index (χ2n) is 6.26. The lowest BCUT2D eigenvalue weighted by atomic mass is 10.1. The lowest BCUT2D eigenvalue weighted by Crippen LogP contribution is -2.39. The zero-order chi connectivity index (χ0) is 18.4. The van der Waals surface area contributed by atoms with E-state index in [1.54, 1.807) is 12.0 Å². The standard InChI is InChI=1S/C21H27NO3/c1-6-19(25-20-9-7-8-15(2)16(20)3)21(23)22(4)14-17-10-12-18(24-5)13-11-17/h7-13,19H,6,14H2,1-5H3/t19-/m0/s1. The van der Waals surface area contributed by atoms with Crippen LogP contribution in [0.15, 0.2) is 42.5 Å². The number of benzene rings is 2. The number of rotatable bonds is 7. The van der Waals surface area contributed by atoms with Gasteiger partial charge in [-0.15, -0.1) is 0 Å². The molecule has 0 radical (unpaired) electrons. The van der Waals surface area contributed by atoms with E-state index in [9.17, 15) is 4.79 Å². The largest absolute Gasteiger partial charge is 0.497 e. The summed E-state index contributed by atoms with van der Waals surface area (Å²) in [6, 6.07) is 13.7. The molecular weight excluding hydrogens is 314 g/mol. The fourth-order valence-corrected chi connectivity index (χ4v) is 2.64. The molecule has 2 aromatic carbocycles. The number of hydrogen-bond donors (Lipinski definition) is 0. The van der Waals surface area contributed by atoms with Gasteiger partial charge in [-0.1, -0.05) is 31.2 Å². The van der Waals surface area contributed by atoms with Crippen molar-refractivity contribution < 1.29 is 14.3 Å². The number of ether oxygens (including phenoxy) is 2. The number of carbonyl (C=O) groups is 1. The minimum atomic E-state index is -0.483. The van der Waals surface area contributed by atoms with Gasteiger partial charge in [0.15, 0.2) is 6.10 Å². The van der Waals surface area contributed by atoms with Gasteiger partial charge in [0.25, 0.3) is 5.91 Å². The third-order valence-electron chi connectivity index (χ3n) is 4.43. The molecule has 0 spiro atoms. The van der Waals surface area contributed by atoms with E-state index in [0.717, 1.165) is 28.2 Å². The van der Waals surface area contributed by atoms with E-state index >= 15 is 0 Å². The molecule has 0 aliphatic carbocycles. The average molecular weight is 341 g/mol. The van der Waals surface area contributed by atoms with Crippen LogP contribution < -0.4 is 9.47 Å². The smallest absolute Gasteiger partial charge is 0.263 e. The van der Waals surface area contributed by atoms with Crippen molar-refractivity contribution in [1.82, 2.24) is 4.90 Å². The van der Waals surface area contributed by atoms with Gasteiger partial charge in [0.1, 0.15) is 11.5 Å². The molecule has 2 rings (SSSR count). The predicted octanol–water partition coefficient (Wildman–Crippen LogP) is 4.13. The fourth-order valence-electron chi connectivity index (χ4n) is 2.64. The average Bonchev–Trinajstić information content (AvgIpc) is 2.63. The molecule has 2 aromatic rings. The summed E-state index contributed by atoms with van der Waals surface area (Å²) in [7, 11) is 3.45. The summed E-state index contributed by atoms with van der Waals surface area (Å²) in [6.45, 7) is 6.56. The molecule has 0 unspecified atom stereocenters. The first-order chi connectivity index (χ1) is 12.0. The van der Waals surface area contributed by atoms with E-state index in [-0.39, 0.29) is 5.91 Å². The van der Waals surface area contributed by atoms with Gasteiger partial charge >= 0.3 is 0 Å². The topological polar surface area (TPSA) is 38.8 Å². The summed E-state index contributed by atoms with van der Waals surface area (Å²) in [5.74, 6) is 1.57. The molecule has 0 saturated heterocycles. The maximum Gasteiger partial charge on any atom is 0.263 e. The summed E-state index contributed by atoms with van der Waals surface area (Å²) >= 11 is 0. The minimum absolute atomic E-state index is 0.0146. The van der Waals surface area contributed by atoms with Crippen LogP contribution in [0.5, 0.6) is 11.5 Å². The zero-order valence-electron chi connectivity index (χ0n) is 15.7. The van der Waals surface area contributed by atoms with Crippen molar-refractivity contribution in [3.05, 3.63) is 59.2 Å². The number of carbonyl (C=O) groups excluding carboxylic acids is 1. The Bertz CT molecular complexity index is 710. The van der Waals surface area contributed by atoms with Gasteiger partial charge in [0.05, 0.1) is 7.11 Å². The van der Waals surface area contributed by atoms with Gasteiger partial charge in [0.2, 0.25) is 0 Å². The summed E-state index contributed by atoms with van der Waals surface area (Å²) in [5, 5.41) is 0. The third kappa shape index (κ3) is 4.75. The van der Waals surface area contributed by atoms with Crippen molar-refractivity contribution in [3.63, 3.8) is 0 Å². The van der Waals surface area contributed by atoms with Crippen LogP contribution in [0.1, 0.15) is 30.0 Å². The molecule has 0 saturated carbocycles. The van der Waals surface area contributed by atoms with Crippen molar-refractivity contribution >= 4 is 5.91 Å². The van der Waals surface area contributed by atoms with Crippen LogP contribution in [0.4, 0.5) is 0 Å². The first-order valence-corrected chi connectivity index (χ1v) is 8.57. The molecule has 1 atom stereocenters. The highest BCUT2D eigenvalue weighted by atomic mass is 16.5. The Hall–Kier alpha value is -2.49. The van der Waals surface area contributed by atoms with Crippen LogP contribution in [0.3, 0.4) is 0 Å². The number of aryl methyl sites for hydroxylation is 1. The first kappa shape index (κ1) is 18.8. The summed E-state index contributed by atoms with van der Waals surface area (Å²) < 4.78 is 11.2. The monoisotopic (exact) mass is 341 g/mol. The van der Waals surface area contributed by atoms with Crippen molar-refractivity contribution in [1.29, 1.82) is 0 Å². The van der Waals surface area contributed by atoms with E-state index < -0.39 is 6.10 Å². The zero-order valence-corrected chi connectivity index (χ0v) is 15.7. The predicted molar refractivity (Wildman–Crippen MR) is 100 cm³/mol. The molecule has 4 heteroatoms. The van der Waals surface area contributed by atoms with E-state index in [1.165, 1.54) is 0 Å². The number of hydrogen-bond acceptors (Lipinski definition) is 3. The number of likely N-dealkylation sites (N-methyl/N-ethyl adjacent to an activating group) is 1. The van der Waals surface area contributed by atoms with E-state index in [4.69, 9.17) is 9.47 Å². The third-order valence-corrected chi connectivity index (χ3v) is 4.43. The maximum absolute atomic E-state index is 12.8. The minimum Gasteiger partial charge on any atom is -0.497 e. The molecular formula is C21H27NO3. The molecule has 25 heavy (non-hydrogen) atoms. The van der Waals surface area contributed by atoms with Crippen molar-refractivity contribution in [2.75, 3.05) is 14.2 Å². The lowest BCUT2D eigenvalue weighted by molar-refractivity contribution is -0.138. The Balaban J connectivity index is 2.05. The molecule has 0 fully saturated rings. The Morgan fingerprint density at radius 3 is 2.40 bits per heavy atom.